The van der Waals surface area contributed by atoms with Gasteiger partial charge in [-0.1, -0.05) is 72.3 Å². The standard InChI is InChI=1S/C31H34O5/c1-4-33-29(31(32)34-5-2)21-23-11-15-26(16-12-23)35-18-19-36-30-27-9-7-6-8-24(27)13-14-25-20-22(3)10-17-28(25)30/h6-17,20,29-30H,4-5,18-19,21H2,1-3H3. The van der Waals surface area contributed by atoms with E-state index in [9.17, 15) is 4.79 Å². The average molecular weight is 487 g/mol. The van der Waals surface area contributed by atoms with Crippen molar-refractivity contribution in [1.29, 1.82) is 0 Å². The number of fused-ring (bicyclic) bond motifs is 2. The van der Waals surface area contributed by atoms with Crippen LogP contribution in [-0.2, 0) is 25.4 Å². The Morgan fingerprint density at radius 2 is 1.61 bits per heavy atom. The monoisotopic (exact) mass is 486 g/mol. The molecule has 0 saturated carbocycles. The first-order valence-electron chi connectivity index (χ1n) is 12.6. The van der Waals surface area contributed by atoms with Crippen LogP contribution in [0.25, 0.3) is 12.2 Å². The van der Waals surface area contributed by atoms with Gasteiger partial charge in [0.15, 0.2) is 6.10 Å². The highest BCUT2D eigenvalue weighted by atomic mass is 16.6. The fraction of sp³-hybridized carbons (Fsp3) is 0.323. The third-order valence-corrected chi connectivity index (χ3v) is 6.14. The van der Waals surface area contributed by atoms with Crippen molar-refractivity contribution < 1.29 is 23.7 Å². The molecule has 3 aromatic rings. The van der Waals surface area contributed by atoms with Crippen LogP contribution >= 0.6 is 0 Å². The highest BCUT2D eigenvalue weighted by Gasteiger charge is 2.22. The maximum absolute atomic E-state index is 12.1. The van der Waals surface area contributed by atoms with Gasteiger partial charge in [-0.2, -0.15) is 0 Å². The first-order chi connectivity index (χ1) is 17.6. The molecule has 0 bridgehead atoms. The number of esters is 1. The summed E-state index contributed by atoms with van der Waals surface area (Å²) in [4.78, 5) is 12.1. The van der Waals surface area contributed by atoms with E-state index < -0.39 is 6.10 Å². The summed E-state index contributed by atoms with van der Waals surface area (Å²) >= 11 is 0. The van der Waals surface area contributed by atoms with Crippen molar-refractivity contribution in [2.75, 3.05) is 26.4 Å². The molecule has 188 valence electrons. The lowest BCUT2D eigenvalue weighted by Crippen LogP contribution is -2.28. The minimum absolute atomic E-state index is 0.156. The maximum atomic E-state index is 12.1. The molecule has 0 fully saturated rings. The second-order valence-electron chi connectivity index (χ2n) is 8.74. The molecule has 2 atom stereocenters. The van der Waals surface area contributed by atoms with E-state index in [1.165, 1.54) is 16.7 Å². The molecule has 5 nitrogen and oxygen atoms in total. The molecular formula is C31H34O5. The number of ether oxygens (including phenoxy) is 4. The largest absolute Gasteiger partial charge is 0.491 e. The maximum Gasteiger partial charge on any atom is 0.335 e. The Bertz CT molecular complexity index is 1180. The highest BCUT2D eigenvalue weighted by molar-refractivity contribution is 5.76. The number of carbonyl (C=O) groups is 1. The van der Waals surface area contributed by atoms with Gasteiger partial charge in [-0.05, 0) is 60.7 Å². The lowest BCUT2D eigenvalue weighted by Gasteiger charge is -2.21. The van der Waals surface area contributed by atoms with Crippen molar-refractivity contribution in [2.45, 2.75) is 39.4 Å². The number of benzene rings is 3. The topological polar surface area (TPSA) is 54.0 Å². The van der Waals surface area contributed by atoms with Gasteiger partial charge in [-0.25, -0.2) is 4.79 Å². The Hall–Kier alpha value is -3.41. The van der Waals surface area contributed by atoms with Gasteiger partial charge < -0.3 is 18.9 Å². The third kappa shape index (κ3) is 6.42. The zero-order valence-electron chi connectivity index (χ0n) is 21.2. The summed E-state index contributed by atoms with van der Waals surface area (Å²) in [6.07, 6.45) is 4.03. The SMILES string of the molecule is CCOC(=O)C(Cc1ccc(OCCOC2c3ccccc3C=Cc3cc(C)ccc32)cc1)OCC. The quantitative estimate of drug-likeness (QED) is 0.239. The van der Waals surface area contributed by atoms with Crippen LogP contribution in [0.15, 0.2) is 66.7 Å². The summed E-state index contributed by atoms with van der Waals surface area (Å²) < 4.78 is 23.0. The predicted molar refractivity (Wildman–Crippen MR) is 142 cm³/mol. The minimum atomic E-state index is -0.598. The molecule has 1 aliphatic carbocycles. The van der Waals surface area contributed by atoms with E-state index in [0.717, 1.165) is 22.4 Å². The van der Waals surface area contributed by atoms with Crippen LogP contribution in [0.2, 0.25) is 0 Å². The molecule has 0 heterocycles. The molecule has 3 aromatic carbocycles. The molecule has 0 radical (unpaired) electrons. The summed E-state index contributed by atoms with van der Waals surface area (Å²) in [5, 5.41) is 0. The van der Waals surface area contributed by atoms with Crippen LogP contribution < -0.4 is 4.74 Å². The third-order valence-electron chi connectivity index (χ3n) is 6.14. The van der Waals surface area contributed by atoms with E-state index in [2.05, 4.69) is 61.5 Å². The molecular weight excluding hydrogens is 452 g/mol. The molecule has 2 unspecified atom stereocenters. The lowest BCUT2D eigenvalue weighted by atomic mass is 9.95. The van der Waals surface area contributed by atoms with Crippen LogP contribution in [0.4, 0.5) is 0 Å². The van der Waals surface area contributed by atoms with Crippen LogP contribution in [0.1, 0.15) is 53.3 Å². The normalized spacial score (nSPS) is 14.9. The molecule has 5 heteroatoms. The van der Waals surface area contributed by atoms with Crippen molar-refractivity contribution in [2.24, 2.45) is 0 Å². The van der Waals surface area contributed by atoms with E-state index in [1.54, 1.807) is 6.92 Å². The minimum Gasteiger partial charge on any atom is -0.491 e. The van der Waals surface area contributed by atoms with Gasteiger partial charge in [-0.15, -0.1) is 0 Å². The fourth-order valence-corrected chi connectivity index (χ4v) is 4.41. The molecule has 4 rings (SSSR count). The first-order valence-corrected chi connectivity index (χ1v) is 12.6. The second-order valence-corrected chi connectivity index (χ2v) is 8.74. The van der Waals surface area contributed by atoms with E-state index in [4.69, 9.17) is 18.9 Å². The smallest absolute Gasteiger partial charge is 0.335 e. The summed E-state index contributed by atoms with van der Waals surface area (Å²) in [6.45, 7) is 7.44. The van der Waals surface area contributed by atoms with E-state index >= 15 is 0 Å². The zero-order chi connectivity index (χ0) is 25.3. The predicted octanol–water partition coefficient (Wildman–Crippen LogP) is 6.17. The van der Waals surface area contributed by atoms with Crippen molar-refractivity contribution in [3.63, 3.8) is 0 Å². The lowest BCUT2D eigenvalue weighted by molar-refractivity contribution is -0.156. The van der Waals surface area contributed by atoms with Crippen LogP contribution in [0.5, 0.6) is 5.75 Å². The van der Waals surface area contributed by atoms with Gasteiger partial charge in [0.1, 0.15) is 18.5 Å². The van der Waals surface area contributed by atoms with Crippen LogP contribution in [0, 0.1) is 6.92 Å². The number of hydrogen-bond donors (Lipinski definition) is 0. The molecule has 1 aliphatic rings. The van der Waals surface area contributed by atoms with E-state index in [0.29, 0.717) is 32.8 Å². The Balaban J connectivity index is 1.36. The molecule has 36 heavy (non-hydrogen) atoms. The molecule has 0 aromatic heterocycles. The van der Waals surface area contributed by atoms with Gasteiger partial charge >= 0.3 is 5.97 Å². The number of hydrogen-bond acceptors (Lipinski definition) is 5. The number of aryl methyl sites for hydroxylation is 1. The Morgan fingerprint density at radius 3 is 2.39 bits per heavy atom. The molecule has 0 saturated heterocycles. The van der Waals surface area contributed by atoms with E-state index in [1.807, 2.05) is 31.2 Å². The zero-order valence-corrected chi connectivity index (χ0v) is 21.2. The Kier molecular flexibility index (Phi) is 8.93. The number of rotatable bonds is 11. The van der Waals surface area contributed by atoms with Gasteiger partial charge in [0.05, 0.1) is 13.2 Å². The summed E-state index contributed by atoms with van der Waals surface area (Å²) in [5.41, 5.74) is 6.88. The van der Waals surface area contributed by atoms with Crippen molar-refractivity contribution >= 4 is 18.1 Å². The molecule has 0 spiro atoms. The first kappa shape index (κ1) is 25.7. The Morgan fingerprint density at radius 1 is 0.861 bits per heavy atom. The number of carbonyl (C=O) groups excluding carboxylic acids is 1. The van der Waals surface area contributed by atoms with Gasteiger partial charge in [0.25, 0.3) is 0 Å². The molecule has 0 amide bonds. The second kappa shape index (κ2) is 12.5. The van der Waals surface area contributed by atoms with E-state index in [-0.39, 0.29) is 12.1 Å². The average Bonchev–Trinajstić information content (AvgIpc) is 3.04. The van der Waals surface area contributed by atoms with Crippen molar-refractivity contribution in [3.8, 4) is 5.75 Å². The highest BCUT2D eigenvalue weighted by Crippen LogP contribution is 2.35. The summed E-state index contributed by atoms with van der Waals surface area (Å²) in [7, 11) is 0. The molecule has 0 aliphatic heterocycles. The summed E-state index contributed by atoms with van der Waals surface area (Å²) in [6, 6.07) is 22.6. The van der Waals surface area contributed by atoms with Gasteiger partial charge in [0.2, 0.25) is 0 Å². The molecule has 0 N–H and O–H groups in total. The van der Waals surface area contributed by atoms with Gasteiger partial charge in [0, 0.05) is 13.0 Å². The van der Waals surface area contributed by atoms with Gasteiger partial charge in [-0.3, -0.25) is 0 Å². The van der Waals surface area contributed by atoms with Crippen molar-refractivity contribution in [3.05, 3.63) is 100 Å². The van der Waals surface area contributed by atoms with Crippen LogP contribution in [-0.4, -0.2) is 38.5 Å². The summed E-state index contributed by atoms with van der Waals surface area (Å²) in [5.74, 6) is 0.425. The Labute approximate surface area is 213 Å². The fourth-order valence-electron chi connectivity index (χ4n) is 4.41. The van der Waals surface area contributed by atoms with Crippen molar-refractivity contribution in [1.82, 2.24) is 0 Å². The van der Waals surface area contributed by atoms with Crippen LogP contribution in [0.3, 0.4) is 0 Å².